The number of piperazine rings is 1. The Morgan fingerprint density at radius 3 is 2.20 bits per heavy atom. The van der Waals surface area contributed by atoms with Crippen LogP contribution in [-0.4, -0.2) is 36.3 Å². The van der Waals surface area contributed by atoms with E-state index >= 15 is 0 Å². The van der Waals surface area contributed by atoms with Gasteiger partial charge in [-0.05, 0) is 0 Å². The molecule has 0 bridgehead atoms. The minimum Gasteiger partial charge on any atom is -0.852 e. The molecule has 0 aromatic rings. The van der Waals surface area contributed by atoms with Gasteiger partial charge < -0.3 is 15.3 Å². The molecule has 0 aromatic heterocycles. The molecular formula is C5H9KN2OS. The molecule has 0 aliphatic carbocycles. The van der Waals surface area contributed by atoms with Crippen LogP contribution in [0.5, 0.6) is 0 Å². The molecule has 1 heterocycles. The summed E-state index contributed by atoms with van der Waals surface area (Å²) in [6.45, 7) is 3.29. The van der Waals surface area contributed by atoms with Gasteiger partial charge in [0, 0.05) is 31.4 Å². The van der Waals surface area contributed by atoms with Crippen LogP contribution in [0.15, 0.2) is 0 Å². The standard InChI is InChI=1S/C5H10N2OS.K/c8-5(9)7-3-1-6-2-4-7;/h6H,1-4H2,(H,8,9);/q;+1/p-1. The van der Waals surface area contributed by atoms with Crippen molar-refractivity contribution >= 4 is 17.4 Å². The Morgan fingerprint density at radius 1 is 1.40 bits per heavy atom. The summed E-state index contributed by atoms with van der Waals surface area (Å²) in [7, 11) is 0. The minimum atomic E-state index is -0.225. The third kappa shape index (κ3) is 3.61. The van der Waals surface area contributed by atoms with Crippen LogP contribution in [0.25, 0.3) is 0 Å². The average molecular weight is 184 g/mol. The number of thiocarbonyl (C=S) groups is 1. The van der Waals surface area contributed by atoms with Crippen LogP contribution in [0.1, 0.15) is 0 Å². The van der Waals surface area contributed by atoms with Gasteiger partial charge in [-0.2, -0.15) is 0 Å². The predicted molar refractivity (Wildman–Crippen MR) is 37.0 cm³/mol. The Labute approximate surface area is 109 Å². The van der Waals surface area contributed by atoms with Gasteiger partial charge in [0.15, 0.2) is 0 Å². The van der Waals surface area contributed by atoms with Gasteiger partial charge in [-0.1, -0.05) is 12.2 Å². The zero-order valence-corrected chi connectivity index (χ0v) is 10.0. The van der Waals surface area contributed by atoms with Gasteiger partial charge in [-0.3, -0.25) is 0 Å². The second-order valence-electron chi connectivity index (χ2n) is 2.00. The molecule has 1 aliphatic rings. The van der Waals surface area contributed by atoms with Crippen LogP contribution in [0, 0.1) is 0 Å². The van der Waals surface area contributed by atoms with Crippen molar-refractivity contribution < 1.29 is 56.5 Å². The topological polar surface area (TPSA) is 38.3 Å². The van der Waals surface area contributed by atoms with Crippen LogP contribution in [0.2, 0.25) is 0 Å². The van der Waals surface area contributed by atoms with Gasteiger partial charge in [0.1, 0.15) is 0 Å². The fourth-order valence-electron chi connectivity index (χ4n) is 0.847. The summed E-state index contributed by atoms with van der Waals surface area (Å²) in [6, 6.07) is 0. The van der Waals surface area contributed by atoms with E-state index in [1.54, 1.807) is 4.90 Å². The van der Waals surface area contributed by atoms with Gasteiger partial charge in [0.05, 0.1) is 0 Å². The molecule has 1 aliphatic heterocycles. The normalized spacial score (nSPS) is 17.8. The van der Waals surface area contributed by atoms with Crippen molar-refractivity contribution in [2.75, 3.05) is 26.2 Å². The third-order valence-electron chi connectivity index (χ3n) is 1.38. The molecule has 0 spiro atoms. The Balaban J connectivity index is 0.000000810. The van der Waals surface area contributed by atoms with E-state index in [-0.39, 0.29) is 56.6 Å². The first-order valence-corrected chi connectivity index (χ1v) is 3.38. The maximum atomic E-state index is 10.5. The van der Waals surface area contributed by atoms with Gasteiger partial charge in [-0.15, -0.1) is 0 Å². The fraction of sp³-hybridized carbons (Fsp3) is 0.800. The van der Waals surface area contributed by atoms with Crippen molar-refractivity contribution in [3.63, 3.8) is 0 Å². The van der Waals surface area contributed by atoms with Crippen molar-refractivity contribution in [1.29, 1.82) is 0 Å². The fourth-order valence-corrected chi connectivity index (χ4v) is 1.03. The van der Waals surface area contributed by atoms with Crippen molar-refractivity contribution in [3.05, 3.63) is 0 Å². The molecule has 0 unspecified atom stereocenters. The maximum absolute atomic E-state index is 10.5. The summed E-state index contributed by atoms with van der Waals surface area (Å²) >= 11 is 4.46. The van der Waals surface area contributed by atoms with E-state index in [9.17, 15) is 5.11 Å². The molecule has 5 heteroatoms. The van der Waals surface area contributed by atoms with Gasteiger partial charge in [0.2, 0.25) is 0 Å². The van der Waals surface area contributed by atoms with E-state index in [1.807, 2.05) is 0 Å². The molecule has 0 atom stereocenters. The second-order valence-corrected chi connectivity index (χ2v) is 2.35. The van der Waals surface area contributed by atoms with Crippen LogP contribution in [0.4, 0.5) is 0 Å². The zero-order valence-electron chi connectivity index (χ0n) is 6.09. The summed E-state index contributed by atoms with van der Waals surface area (Å²) in [6.07, 6.45) is 0. The molecule has 52 valence electrons. The van der Waals surface area contributed by atoms with E-state index in [0.29, 0.717) is 0 Å². The molecule has 1 saturated heterocycles. The summed E-state index contributed by atoms with van der Waals surface area (Å²) in [5.74, 6) is 0. The van der Waals surface area contributed by atoms with Crippen molar-refractivity contribution in [2.45, 2.75) is 0 Å². The summed E-state index contributed by atoms with van der Waals surface area (Å²) < 4.78 is 0. The molecule has 1 rings (SSSR count). The Kier molecular flexibility index (Phi) is 6.63. The van der Waals surface area contributed by atoms with E-state index in [4.69, 9.17) is 0 Å². The Bertz CT molecular complexity index is 116. The monoisotopic (exact) mass is 184 g/mol. The van der Waals surface area contributed by atoms with Crippen molar-refractivity contribution in [2.24, 2.45) is 0 Å². The SMILES string of the molecule is [K+].[O-]C(=S)N1CCNCC1. The number of nitrogens with zero attached hydrogens (tertiary/aromatic N) is 1. The van der Waals surface area contributed by atoms with Gasteiger partial charge in [-0.25, -0.2) is 0 Å². The first kappa shape index (κ1) is 11.3. The van der Waals surface area contributed by atoms with Crippen molar-refractivity contribution in [3.8, 4) is 0 Å². The molecule has 0 saturated carbocycles. The number of hydrogen-bond acceptors (Lipinski definition) is 3. The van der Waals surface area contributed by atoms with Crippen LogP contribution in [-0.2, 0) is 0 Å². The number of nitrogens with one attached hydrogen (secondary N) is 1. The summed E-state index contributed by atoms with van der Waals surface area (Å²) in [4.78, 5) is 1.67. The quantitative estimate of drug-likeness (QED) is 0.304. The van der Waals surface area contributed by atoms with Crippen LogP contribution in [0.3, 0.4) is 0 Å². The smallest absolute Gasteiger partial charge is 0.852 e. The minimum absolute atomic E-state index is 0. The first-order chi connectivity index (χ1) is 4.30. The second kappa shape index (κ2) is 5.88. The molecule has 3 nitrogen and oxygen atoms in total. The Hall–Kier alpha value is 1.29. The molecule has 0 amide bonds. The summed E-state index contributed by atoms with van der Waals surface area (Å²) in [5.41, 5.74) is 0. The van der Waals surface area contributed by atoms with Gasteiger partial charge in [0.25, 0.3) is 0 Å². The molecular weight excluding hydrogens is 175 g/mol. The Morgan fingerprint density at radius 2 is 1.90 bits per heavy atom. The predicted octanol–water partition coefficient (Wildman–Crippen LogP) is -4.46. The van der Waals surface area contributed by atoms with E-state index in [0.717, 1.165) is 26.2 Å². The van der Waals surface area contributed by atoms with Crippen LogP contribution < -0.4 is 61.8 Å². The number of hydrogen-bond donors (Lipinski definition) is 1. The first-order valence-electron chi connectivity index (χ1n) is 2.97. The molecule has 0 aromatic carbocycles. The third-order valence-corrected chi connectivity index (χ3v) is 1.63. The maximum Gasteiger partial charge on any atom is 1.00 e. The van der Waals surface area contributed by atoms with E-state index < -0.39 is 0 Å². The molecule has 1 fully saturated rings. The van der Waals surface area contributed by atoms with Gasteiger partial charge >= 0.3 is 51.4 Å². The average Bonchev–Trinajstić information content (AvgIpc) is 1.90. The molecule has 10 heavy (non-hydrogen) atoms. The van der Waals surface area contributed by atoms with Crippen molar-refractivity contribution in [1.82, 2.24) is 10.2 Å². The van der Waals surface area contributed by atoms with E-state index in [1.165, 1.54) is 0 Å². The zero-order chi connectivity index (χ0) is 6.69. The molecule has 0 radical (unpaired) electrons. The molecule has 1 N–H and O–H groups in total. The largest absolute Gasteiger partial charge is 1.00 e. The summed E-state index contributed by atoms with van der Waals surface area (Å²) in [5, 5.41) is 13.4. The number of rotatable bonds is 0. The van der Waals surface area contributed by atoms with E-state index in [2.05, 4.69) is 17.5 Å². The van der Waals surface area contributed by atoms with Crippen LogP contribution >= 0.6 is 12.2 Å².